The molecular formula is C25H23FN6O5. The Labute approximate surface area is 210 Å². The van der Waals surface area contributed by atoms with E-state index < -0.39 is 17.8 Å². The van der Waals surface area contributed by atoms with E-state index in [1.54, 1.807) is 36.0 Å². The Morgan fingerprint density at radius 2 is 1.81 bits per heavy atom. The first-order valence-electron chi connectivity index (χ1n) is 10.9. The summed E-state index contributed by atoms with van der Waals surface area (Å²) < 4.78 is 25.1. The molecule has 0 aliphatic rings. The number of carbonyl (C=O) groups excluding carboxylic acids is 3. The van der Waals surface area contributed by atoms with Crippen molar-refractivity contribution in [2.24, 2.45) is 0 Å². The quantitative estimate of drug-likeness (QED) is 0.405. The van der Waals surface area contributed by atoms with Crippen LogP contribution < -0.4 is 20.3 Å². The van der Waals surface area contributed by atoms with E-state index in [1.165, 1.54) is 56.5 Å². The lowest BCUT2D eigenvalue weighted by atomic mass is 10.2. The standard InChI is InChI=1S/C25H23FN6O5/c1-14(33)29-19-9-16(24(34)31(2)17-6-7-18(26)21(10-17)36-3)13-32-20(12-28-23(19)32)15-5-8-22(27-11-15)30-25(35)37-4/h5-13H,1-4H3,(H,29,33)(H,27,30,35). The first kappa shape index (κ1) is 25.1. The molecule has 11 nitrogen and oxygen atoms in total. The topological polar surface area (TPSA) is 127 Å². The van der Waals surface area contributed by atoms with E-state index in [4.69, 9.17) is 4.74 Å². The van der Waals surface area contributed by atoms with Gasteiger partial charge in [0.1, 0.15) is 5.82 Å². The average molecular weight is 506 g/mol. The second-order valence-corrected chi connectivity index (χ2v) is 7.89. The van der Waals surface area contributed by atoms with E-state index in [-0.39, 0.29) is 23.0 Å². The predicted molar refractivity (Wildman–Crippen MR) is 134 cm³/mol. The normalized spacial score (nSPS) is 10.6. The zero-order valence-corrected chi connectivity index (χ0v) is 20.4. The molecule has 0 unspecified atom stereocenters. The fraction of sp³-hybridized carbons (Fsp3) is 0.160. The van der Waals surface area contributed by atoms with E-state index in [1.807, 2.05) is 0 Å². The lowest BCUT2D eigenvalue weighted by molar-refractivity contribution is -0.114. The van der Waals surface area contributed by atoms with Crippen LogP contribution in [0.25, 0.3) is 16.9 Å². The molecule has 190 valence electrons. The lowest BCUT2D eigenvalue weighted by Crippen LogP contribution is -2.27. The van der Waals surface area contributed by atoms with E-state index in [2.05, 4.69) is 25.3 Å². The fourth-order valence-electron chi connectivity index (χ4n) is 3.64. The monoisotopic (exact) mass is 506 g/mol. The van der Waals surface area contributed by atoms with E-state index in [0.717, 1.165) is 0 Å². The molecule has 0 spiro atoms. The van der Waals surface area contributed by atoms with Gasteiger partial charge in [-0.3, -0.25) is 19.3 Å². The molecule has 0 saturated carbocycles. The van der Waals surface area contributed by atoms with Gasteiger partial charge in [0.25, 0.3) is 5.91 Å². The van der Waals surface area contributed by atoms with Gasteiger partial charge in [-0.1, -0.05) is 0 Å². The number of carbonyl (C=O) groups is 3. The van der Waals surface area contributed by atoms with Crippen LogP contribution in [0, 0.1) is 5.82 Å². The van der Waals surface area contributed by atoms with Gasteiger partial charge in [-0.2, -0.15) is 0 Å². The van der Waals surface area contributed by atoms with Gasteiger partial charge < -0.3 is 19.7 Å². The van der Waals surface area contributed by atoms with Gasteiger partial charge in [-0.05, 0) is 30.3 Å². The molecule has 4 aromatic rings. The largest absolute Gasteiger partial charge is 0.494 e. The van der Waals surface area contributed by atoms with Gasteiger partial charge in [-0.15, -0.1) is 0 Å². The number of benzene rings is 1. The van der Waals surface area contributed by atoms with Gasteiger partial charge >= 0.3 is 6.09 Å². The number of pyridine rings is 2. The minimum Gasteiger partial charge on any atom is -0.494 e. The Bertz CT molecular complexity index is 1500. The number of fused-ring (bicyclic) bond motifs is 1. The highest BCUT2D eigenvalue weighted by Gasteiger charge is 2.20. The number of imidazole rings is 1. The smallest absolute Gasteiger partial charge is 0.412 e. The Morgan fingerprint density at radius 1 is 1.03 bits per heavy atom. The molecule has 12 heteroatoms. The van der Waals surface area contributed by atoms with Gasteiger partial charge in [0.05, 0.1) is 37.4 Å². The molecule has 0 atom stereocenters. The maximum atomic E-state index is 13.9. The highest BCUT2D eigenvalue weighted by molar-refractivity contribution is 6.07. The second-order valence-electron chi connectivity index (χ2n) is 7.89. The molecule has 3 amide bonds. The van der Waals surface area contributed by atoms with Crippen molar-refractivity contribution in [1.29, 1.82) is 0 Å². The Hall–Kier alpha value is -5.00. The van der Waals surface area contributed by atoms with Crippen LogP contribution in [-0.2, 0) is 9.53 Å². The zero-order chi connectivity index (χ0) is 26.7. The molecule has 0 aliphatic carbocycles. The third kappa shape index (κ3) is 5.17. The summed E-state index contributed by atoms with van der Waals surface area (Å²) in [6.45, 7) is 1.35. The second kappa shape index (κ2) is 10.3. The van der Waals surface area contributed by atoms with Crippen molar-refractivity contribution in [1.82, 2.24) is 14.4 Å². The third-order valence-corrected chi connectivity index (χ3v) is 5.46. The summed E-state index contributed by atoms with van der Waals surface area (Å²) in [5.41, 5.74) is 2.60. The van der Waals surface area contributed by atoms with E-state index in [0.29, 0.717) is 28.3 Å². The van der Waals surface area contributed by atoms with Gasteiger partial charge in [0, 0.05) is 43.7 Å². The molecule has 37 heavy (non-hydrogen) atoms. The Kier molecular flexibility index (Phi) is 7.00. The number of rotatable bonds is 6. The molecule has 0 bridgehead atoms. The minimum atomic E-state index is -0.652. The summed E-state index contributed by atoms with van der Waals surface area (Å²) in [6, 6.07) is 8.91. The zero-order valence-electron chi connectivity index (χ0n) is 20.4. The summed E-state index contributed by atoms with van der Waals surface area (Å²) >= 11 is 0. The summed E-state index contributed by atoms with van der Waals surface area (Å²) in [5, 5.41) is 5.18. The van der Waals surface area contributed by atoms with Crippen LogP contribution in [0.1, 0.15) is 17.3 Å². The Morgan fingerprint density at radius 3 is 2.46 bits per heavy atom. The maximum Gasteiger partial charge on any atom is 0.412 e. The van der Waals surface area contributed by atoms with Crippen molar-refractivity contribution >= 4 is 40.7 Å². The molecule has 1 aromatic carbocycles. The first-order valence-corrected chi connectivity index (χ1v) is 10.9. The van der Waals surface area contributed by atoms with Crippen LogP contribution in [0.3, 0.4) is 0 Å². The number of hydrogen-bond donors (Lipinski definition) is 2. The van der Waals surface area contributed by atoms with Gasteiger partial charge in [0.15, 0.2) is 17.2 Å². The molecule has 3 aromatic heterocycles. The number of aromatic nitrogens is 3. The fourth-order valence-corrected chi connectivity index (χ4v) is 3.64. The molecule has 0 radical (unpaired) electrons. The highest BCUT2D eigenvalue weighted by Crippen LogP contribution is 2.29. The number of halogens is 1. The number of methoxy groups -OCH3 is 2. The summed E-state index contributed by atoms with van der Waals surface area (Å²) in [4.78, 5) is 46.7. The Balaban J connectivity index is 1.76. The van der Waals surface area contributed by atoms with Crippen molar-refractivity contribution < 1.29 is 28.2 Å². The molecule has 4 rings (SSSR count). The summed E-state index contributed by atoms with van der Waals surface area (Å²) in [6.07, 6.45) is 4.04. The van der Waals surface area contributed by atoms with Crippen molar-refractivity contribution in [3.05, 3.63) is 66.4 Å². The van der Waals surface area contributed by atoms with Crippen molar-refractivity contribution in [3.63, 3.8) is 0 Å². The molecule has 3 heterocycles. The number of ether oxygens (including phenoxy) is 2. The van der Waals surface area contributed by atoms with Crippen molar-refractivity contribution in [2.75, 3.05) is 36.8 Å². The van der Waals surface area contributed by atoms with Crippen LogP contribution in [0.15, 0.2) is 55.0 Å². The number of anilines is 3. The van der Waals surface area contributed by atoms with Crippen LogP contribution in [0.5, 0.6) is 5.75 Å². The summed E-state index contributed by atoms with van der Waals surface area (Å²) in [5.74, 6) is -1.02. The average Bonchev–Trinajstić information content (AvgIpc) is 3.32. The van der Waals surface area contributed by atoms with E-state index >= 15 is 0 Å². The third-order valence-electron chi connectivity index (χ3n) is 5.46. The number of nitrogens with zero attached hydrogens (tertiary/aromatic N) is 4. The number of nitrogens with one attached hydrogen (secondary N) is 2. The first-order chi connectivity index (χ1) is 17.7. The highest BCUT2D eigenvalue weighted by atomic mass is 19.1. The lowest BCUT2D eigenvalue weighted by Gasteiger charge is -2.19. The SMILES string of the molecule is COC(=O)Nc1ccc(-c2cnc3c(NC(C)=O)cc(C(=O)N(C)c4ccc(F)c(OC)c4)cn23)cn1. The number of hydrogen-bond acceptors (Lipinski definition) is 7. The predicted octanol–water partition coefficient (Wildman–Crippen LogP) is 3.96. The van der Waals surface area contributed by atoms with Gasteiger partial charge in [-0.25, -0.2) is 19.2 Å². The maximum absolute atomic E-state index is 13.9. The van der Waals surface area contributed by atoms with Gasteiger partial charge in [0.2, 0.25) is 5.91 Å². The van der Waals surface area contributed by atoms with Crippen molar-refractivity contribution in [3.8, 4) is 17.0 Å². The van der Waals surface area contributed by atoms with Crippen LogP contribution >= 0.6 is 0 Å². The minimum absolute atomic E-state index is 0.000990. The molecular weight excluding hydrogens is 483 g/mol. The molecule has 0 saturated heterocycles. The number of amides is 3. The van der Waals surface area contributed by atoms with Crippen molar-refractivity contribution in [2.45, 2.75) is 6.92 Å². The molecule has 2 N–H and O–H groups in total. The van der Waals surface area contributed by atoms with Crippen LogP contribution in [0.2, 0.25) is 0 Å². The van der Waals surface area contributed by atoms with Crippen LogP contribution in [0.4, 0.5) is 26.4 Å². The molecule has 0 aliphatic heterocycles. The molecule has 0 fully saturated rings. The summed E-state index contributed by atoms with van der Waals surface area (Å²) in [7, 11) is 4.13. The van der Waals surface area contributed by atoms with Crippen LogP contribution in [-0.4, -0.2) is 53.5 Å². The van der Waals surface area contributed by atoms with E-state index in [9.17, 15) is 18.8 Å².